The number of carbonyl (C=O) groups is 2. The molecule has 2 aromatic carbocycles. The third kappa shape index (κ3) is 4.46. The first-order chi connectivity index (χ1) is 16.0. The van der Waals surface area contributed by atoms with Gasteiger partial charge in [0.2, 0.25) is 0 Å². The zero-order valence-corrected chi connectivity index (χ0v) is 20.2. The molecule has 0 bridgehead atoms. The van der Waals surface area contributed by atoms with E-state index >= 15 is 0 Å². The number of thioether (sulfide) groups is 1. The number of nitrogens with zero attached hydrogens (tertiary/aromatic N) is 1. The lowest BCUT2D eigenvalue weighted by Gasteiger charge is -2.22. The highest BCUT2D eigenvalue weighted by Gasteiger charge is 2.34. The number of allylic oxidation sites excluding steroid dienone is 6. The fourth-order valence-electron chi connectivity index (χ4n) is 4.19. The summed E-state index contributed by atoms with van der Waals surface area (Å²) in [5.41, 5.74) is 3.99. The van der Waals surface area contributed by atoms with Crippen molar-refractivity contribution in [1.29, 1.82) is 0 Å². The van der Waals surface area contributed by atoms with Gasteiger partial charge in [-0.3, -0.25) is 9.59 Å². The molecule has 0 saturated heterocycles. The Bertz CT molecular complexity index is 1210. The van der Waals surface area contributed by atoms with Gasteiger partial charge in [0.1, 0.15) is 5.75 Å². The fraction of sp³-hybridized carbons (Fsp3) is 0.214. The molecule has 33 heavy (non-hydrogen) atoms. The maximum Gasteiger partial charge on any atom is 0.198 e. The summed E-state index contributed by atoms with van der Waals surface area (Å²) < 4.78 is 5.64. The molecule has 4 nitrogen and oxygen atoms in total. The summed E-state index contributed by atoms with van der Waals surface area (Å²) in [7, 11) is 1.68. The second kappa shape index (κ2) is 9.67. The van der Waals surface area contributed by atoms with Crippen LogP contribution in [0, 0.1) is 0 Å². The number of Topliss-reactive ketones (excluding diaryl/α,β-unsaturated/α-hetero) is 2. The lowest BCUT2D eigenvalue weighted by Crippen LogP contribution is -2.21. The highest BCUT2D eigenvalue weighted by molar-refractivity contribution is 8.06. The molecular weight excluding hydrogens is 430 g/mol. The molecule has 4 rings (SSSR count). The van der Waals surface area contributed by atoms with Crippen LogP contribution in [0.25, 0.3) is 6.08 Å². The van der Waals surface area contributed by atoms with Gasteiger partial charge in [0.15, 0.2) is 11.6 Å². The number of anilines is 1. The number of rotatable bonds is 6. The maximum atomic E-state index is 12.9. The molecule has 5 heteroatoms. The van der Waals surface area contributed by atoms with E-state index in [0.717, 1.165) is 39.9 Å². The van der Waals surface area contributed by atoms with E-state index in [4.69, 9.17) is 4.74 Å². The lowest BCUT2D eigenvalue weighted by molar-refractivity contribution is 0.0988. The van der Waals surface area contributed by atoms with Gasteiger partial charge >= 0.3 is 0 Å². The summed E-state index contributed by atoms with van der Waals surface area (Å²) in [6, 6.07) is 13.2. The molecule has 0 atom stereocenters. The fourth-order valence-corrected chi connectivity index (χ4v) is 5.07. The highest BCUT2D eigenvalue weighted by atomic mass is 32.2. The Morgan fingerprint density at radius 3 is 2.21 bits per heavy atom. The summed E-state index contributed by atoms with van der Waals surface area (Å²) in [5.74, 6) is 0.407. The van der Waals surface area contributed by atoms with Gasteiger partial charge < -0.3 is 9.64 Å². The number of ketones is 2. The Morgan fingerprint density at radius 2 is 1.61 bits per heavy atom. The van der Waals surface area contributed by atoms with Crippen LogP contribution in [0.15, 0.2) is 81.6 Å². The molecule has 2 aromatic rings. The van der Waals surface area contributed by atoms with E-state index in [2.05, 4.69) is 36.9 Å². The maximum absolute atomic E-state index is 12.9. The van der Waals surface area contributed by atoms with Gasteiger partial charge in [-0.15, -0.1) is 0 Å². The van der Waals surface area contributed by atoms with Gasteiger partial charge in [-0.25, -0.2) is 0 Å². The van der Waals surface area contributed by atoms with Crippen molar-refractivity contribution in [2.75, 3.05) is 25.1 Å². The minimum Gasteiger partial charge on any atom is -0.496 e. The molecular formula is C28H27NO3S. The van der Waals surface area contributed by atoms with Crippen LogP contribution in [0.5, 0.6) is 5.75 Å². The van der Waals surface area contributed by atoms with Crippen molar-refractivity contribution >= 4 is 35.1 Å². The van der Waals surface area contributed by atoms with E-state index in [1.165, 1.54) is 0 Å². The second-order valence-corrected chi connectivity index (χ2v) is 9.19. The average molecular weight is 458 g/mol. The van der Waals surface area contributed by atoms with E-state index in [1.807, 2.05) is 31.2 Å². The Labute approximate surface area is 199 Å². The minimum absolute atomic E-state index is 0.199. The molecule has 0 unspecified atom stereocenters. The van der Waals surface area contributed by atoms with Gasteiger partial charge in [0.25, 0.3) is 0 Å². The number of benzene rings is 2. The molecule has 0 amide bonds. The van der Waals surface area contributed by atoms with E-state index in [1.54, 1.807) is 43.1 Å². The van der Waals surface area contributed by atoms with Crippen LogP contribution in [-0.4, -0.2) is 31.8 Å². The normalized spacial score (nSPS) is 15.6. The van der Waals surface area contributed by atoms with Crippen molar-refractivity contribution in [3.8, 4) is 5.75 Å². The third-order valence-electron chi connectivity index (χ3n) is 5.87. The first-order valence-electron chi connectivity index (χ1n) is 11.1. The molecule has 1 heterocycles. The van der Waals surface area contributed by atoms with Crippen LogP contribution in [0.2, 0.25) is 0 Å². The average Bonchev–Trinajstić information content (AvgIpc) is 3.08. The number of hydrogen-bond donors (Lipinski definition) is 0. The lowest BCUT2D eigenvalue weighted by atomic mass is 10.0. The van der Waals surface area contributed by atoms with Crippen molar-refractivity contribution in [3.05, 3.63) is 98.3 Å². The van der Waals surface area contributed by atoms with Crippen molar-refractivity contribution < 1.29 is 14.3 Å². The number of ether oxygens (including phenoxy) is 1. The number of fused-ring (bicyclic) bond motifs is 1. The first-order valence-corrected chi connectivity index (χ1v) is 11.9. The molecule has 1 aliphatic heterocycles. The molecule has 0 saturated carbocycles. The highest BCUT2D eigenvalue weighted by Crippen LogP contribution is 2.38. The molecule has 0 N–H and O–H groups in total. The van der Waals surface area contributed by atoms with E-state index < -0.39 is 0 Å². The van der Waals surface area contributed by atoms with Crippen molar-refractivity contribution in [1.82, 2.24) is 0 Å². The summed E-state index contributed by atoms with van der Waals surface area (Å²) in [6.45, 7) is 8.13. The first kappa shape index (κ1) is 22.9. The molecule has 0 fully saturated rings. The van der Waals surface area contributed by atoms with E-state index in [-0.39, 0.29) is 17.1 Å². The summed E-state index contributed by atoms with van der Waals surface area (Å²) in [6.07, 6.45) is 7.85. The third-order valence-corrected chi connectivity index (χ3v) is 6.80. The molecule has 0 spiro atoms. The standard InChI is InChI=1S/C28H27NO3S/c1-5-29(6-2)21-13-11-19(25(17-21)32-4)12-14-22-16-20(15-18(3)33-22)26-27(30)23-9-7-8-10-24(23)28(26)31/h7-17H,5-6H2,1-4H3/b14-12+. The molecule has 1 aliphatic carbocycles. The zero-order chi connectivity index (χ0) is 23.5. The molecule has 2 aliphatic rings. The quantitative estimate of drug-likeness (QED) is 0.368. The van der Waals surface area contributed by atoms with Crippen LogP contribution >= 0.6 is 11.8 Å². The van der Waals surface area contributed by atoms with Crippen molar-refractivity contribution in [3.63, 3.8) is 0 Å². The predicted molar refractivity (Wildman–Crippen MR) is 137 cm³/mol. The summed E-state index contributed by atoms with van der Waals surface area (Å²) >= 11 is 1.61. The smallest absolute Gasteiger partial charge is 0.198 e. The Balaban J connectivity index is 1.67. The van der Waals surface area contributed by atoms with Gasteiger partial charge in [0, 0.05) is 46.4 Å². The predicted octanol–water partition coefficient (Wildman–Crippen LogP) is 6.46. The van der Waals surface area contributed by atoms with Gasteiger partial charge in [-0.2, -0.15) is 0 Å². The molecule has 0 radical (unpaired) electrons. The second-order valence-electron chi connectivity index (χ2n) is 7.87. The Hall–Kier alpha value is -3.31. The number of carbonyl (C=O) groups excluding carboxylic acids is 2. The van der Waals surface area contributed by atoms with E-state index in [9.17, 15) is 9.59 Å². The van der Waals surface area contributed by atoms with E-state index in [0.29, 0.717) is 16.7 Å². The van der Waals surface area contributed by atoms with Gasteiger partial charge in [-0.1, -0.05) is 42.1 Å². The SMILES string of the molecule is CCN(CC)c1ccc(/C=C/C2=CC(=C3C(=O)c4ccccc4C3=O)C=C(C)S2)c(OC)c1. The molecule has 168 valence electrons. The topological polar surface area (TPSA) is 46.6 Å². The van der Waals surface area contributed by atoms with Crippen molar-refractivity contribution in [2.24, 2.45) is 0 Å². The van der Waals surface area contributed by atoms with Crippen LogP contribution in [-0.2, 0) is 0 Å². The van der Waals surface area contributed by atoms with Crippen LogP contribution in [0.1, 0.15) is 47.1 Å². The Morgan fingerprint density at radius 1 is 0.939 bits per heavy atom. The van der Waals surface area contributed by atoms with Gasteiger partial charge in [-0.05, 0) is 61.6 Å². The Kier molecular flexibility index (Phi) is 6.70. The monoisotopic (exact) mass is 457 g/mol. The van der Waals surface area contributed by atoms with Crippen LogP contribution in [0.3, 0.4) is 0 Å². The molecule has 0 aromatic heterocycles. The van der Waals surface area contributed by atoms with Crippen molar-refractivity contribution in [2.45, 2.75) is 20.8 Å². The minimum atomic E-state index is -0.199. The van der Waals surface area contributed by atoms with Gasteiger partial charge in [0.05, 0.1) is 12.7 Å². The summed E-state index contributed by atoms with van der Waals surface area (Å²) in [5, 5.41) is 0. The number of methoxy groups -OCH3 is 1. The number of hydrogen-bond acceptors (Lipinski definition) is 5. The zero-order valence-electron chi connectivity index (χ0n) is 19.3. The van der Waals surface area contributed by atoms with Crippen LogP contribution in [0.4, 0.5) is 5.69 Å². The van der Waals surface area contributed by atoms with Crippen LogP contribution < -0.4 is 9.64 Å². The largest absolute Gasteiger partial charge is 0.496 e. The summed E-state index contributed by atoms with van der Waals surface area (Å²) in [4.78, 5) is 30.1.